The van der Waals surface area contributed by atoms with E-state index in [0.717, 1.165) is 31.2 Å². The maximum absolute atomic E-state index is 4.96. The smallest absolute Gasteiger partial charge is 0.225 e. The van der Waals surface area contributed by atoms with Crippen LogP contribution in [-0.2, 0) is 11.3 Å². The van der Waals surface area contributed by atoms with E-state index in [2.05, 4.69) is 27.2 Å². The minimum absolute atomic E-state index is 0.653. The van der Waals surface area contributed by atoms with Crippen molar-refractivity contribution in [3.05, 3.63) is 18.0 Å². The summed E-state index contributed by atoms with van der Waals surface area (Å²) >= 11 is 0. The molecule has 1 aromatic rings. The molecule has 2 rings (SSSR count). The number of hydrogen-bond acceptors (Lipinski definition) is 5. The highest BCUT2D eigenvalue weighted by atomic mass is 16.5. The zero-order chi connectivity index (χ0) is 12.1. The first-order chi connectivity index (χ1) is 8.31. The van der Waals surface area contributed by atoms with E-state index < -0.39 is 0 Å². The van der Waals surface area contributed by atoms with E-state index >= 15 is 0 Å². The predicted molar refractivity (Wildman–Crippen MR) is 67.0 cm³/mol. The quantitative estimate of drug-likeness (QED) is 0.710. The number of rotatable bonds is 7. The number of methoxy groups -OCH3 is 1. The Labute approximate surface area is 102 Å². The highest BCUT2D eigenvalue weighted by Gasteiger charge is 2.27. The van der Waals surface area contributed by atoms with Crippen LogP contribution in [0.1, 0.15) is 18.4 Å². The minimum atomic E-state index is 0.653. The van der Waals surface area contributed by atoms with Crippen LogP contribution in [0.5, 0.6) is 0 Å². The van der Waals surface area contributed by atoms with Gasteiger partial charge in [0.25, 0.3) is 0 Å². The van der Waals surface area contributed by atoms with Crippen LogP contribution >= 0.6 is 0 Å². The molecule has 0 spiro atoms. The van der Waals surface area contributed by atoms with Crippen LogP contribution in [0.15, 0.2) is 12.4 Å². The maximum atomic E-state index is 4.96. The van der Waals surface area contributed by atoms with E-state index in [1.54, 1.807) is 7.11 Å². The molecule has 0 amide bonds. The summed E-state index contributed by atoms with van der Waals surface area (Å²) in [6.07, 6.45) is 6.31. The zero-order valence-corrected chi connectivity index (χ0v) is 10.5. The number of aromatic nitrogens is 2. The monoisotopic (exact) mass is 236 g/mol. The molecule has 0 atom stereocenters. The Morgan fingerprint density at radius 2 is 2.12 bits per heavy atom. The van der Waals surface area contributed by atoms with Crippen LogP contribution in [0.2, 0.25) is 0 Å². The van der Waals surface area contributed by atoms with Gasteiger partial charge in [0.15, 0.2) is 0 Å². The van der Waals surface area contributed by atoms with Crippen molar-refractivity contribution in [2.45, 2.75) is 25.4 Å². The van der Waals surface area contributed by atoms with Crippen LogP contribution in [0.3, 0.4) is 0 Å². The Morgan fingerprint density at radius 1 is 1.41 bits per heavy atom. The molecule has 0 unspecified atom stereocenters. The van der Waals surface area contributed by atoms with E-state index in [1.807, 2.05) is 12.4 Å². The lowest BCUT2D eigenvalue weighted by Gasteiger charge is -2.15. The van der Waals surface area contributed by atoms with Crippen LogP contribution < -0.4 is 10.2 Å². The standard InChI is InChI=1S/C12H20N4O/c1-16(11-3-4-11)12-14-8-10(9-15-12)7-13-5-6-17-2/h8-9,11,13H,3-7H2,1-2H3. The second kappa shape index (κ2) is 5.93. The summed E-state index contributed by atoms with van der Waals surface area (Å²) in [5, 5.41) is 3.27. The third-order valence-electron chi connectivity index (χ3n) is 2.91. The fourth-order valence-electron chi connectivity index (χ4n) is 1.65. The summed E-state index contributed by atoms with van der Waals surface area (Å²) in [5.41, 5.74) is 1.11. The molecule has 1 aliphatic rings. The fraction of sp³-hybridized carbons (Fsp3) is 0.667. The SMILES string of the molecule is COCCNCc1cnc(N(C)C2CC2)nc1. The molecule has 5 heteroatoms. The van der Waals surface area contributed by atoms with Gasteiger partial charge in [-0.25, -0.2) is 9.97 Å². The van der Waals surface area contributed by atoms with Gasteiger partial charge < -0.3 is 15.0 Å². The summed E-state index contributed by atoms with van der Waals surface area (Å²) < 4.78 is 4.96. The van der Waals surface area contributed by atoms with Crippen molar-refractivity contribution in [1.29, 1.82) is 0 Å². The third kappa shape index (κ3) is 3.64. The van der Waals surface area contributed by atoms with E-state index in [9.17, 15) is 0 Å². The summed E-state index contributed by atoms with van der Waals surface area (Å²) in [6, 6.07) is 0.653. The highest BCUT2D eigenvalue weighted by molar-refractivity contribution is 5.32. The Kier molecular flexibility index (Phi) is 4.28. The van der Waals surface area contributed by atoms with Crippen molar-refractivity contribution in [2.24, 2.45) is 0 Å². The van der Waals surface area contributed by atoms with E-state index in [4.69, 9.17) is 4.74 Å². The highest BCUT2D eigenvalue weighted by Crippen LogP contribution is 2.27. The molecule has 1 heterocycles. The molecule has 94 valence electrons. The van der Waals surface area contributed by atoms with Crippen LogP contribution in [0.25, 0.3) is 0 Å². The van der Waals surface area contributed by atoms with Crippen molar-refractivity contribution in [1.82, 2.24) is 15.3 Å². The number of nitrogens with one attached hydrogen (secondary N) is 1. The Bertz CT molecular complexity index is 337. The zero-order valence-electron chi connectivity index (χ0n) is 10.5. The van der Waals surface area contributed by atoms with Crippen LogP contribution in [-0.4, -0.2) is 43.3 Å². The molecule has 0 aliphatic heterocycles. The summed E-state index contributed by atoms with van der Waals surface area (Å²) in [5.74, 6) is 0.827. The summed E-state index contributed by atoms with van der Waals surface area (Å²) in [6.45, 7) is 2.36. The first-order valence-corrected chi connectivity index (χ1v) is 6.04. The first kappa shape index (κ1) is 12.3. The van der Waals surface area contributed by atoms with Gasteiger partial charge in [-0.3, -0.25) is 0 Å². The molecule has 17 heavy (non-hydrogen) atoms. The molecule has 1 aliphatic carbocycles. The van der Waals surface area contributed by atoms with Gasteiger partial charge in [0, 0.05) is 51.2 Å². The normalized spacial score (nSPS) is 14.9. The molecular formula is C12H20N4O. The summed E-state index contributed by atoms with van der Waals surface area (Å²) in [7, 11) is 3.76. The van der Waals surface area contributed by atoms with Gasteiger partial charge in [-0.1, -0.05) is 0 Å². The third-order valence-corrected chi connectivity index (χ3v) is 2.91. The molecule has 0 radical (unpaired) electrons. The number of ether oxygens (including phenoxy) is 1. The number of anilines is 1. The molecule has 0 aromatic carbocycles. The van der Waals surface area contributed by atoms with Crippen LogP contribution in [0.4, 0.5) is 5.95 Å². The molecule has 1 N–H and O–H groups in total. The Hall–Kier alpha value is -1.20. The lowest BCUT2D eigenvalue weighted by molar-refractivity contribution is 0.199. The van der Waals surface area contributed by atoms with E-state index in [1.165, 1.54) is 12.8 Å². The predicted octanol–water partition coefficient (Wildman–Crippen LogP) is 0.811. The van der Waals surface area contributed by atoms with Crippen molar-refractivity contribution >= 4 is 5.95 Å². The van der Waals surface area contributed by atoms with Gasteiger partial charge in [-0.2, -0.15) is 0 Å². The van der Waals surface area contributed by atoms with Crippen molar-refractivity contribution in [3.63, 3.8) is 0 Å². The van der Waals surface area contributed by atoms with Crippen molar-refractivity contribution in [2.75, 3.05) is 32.2 Å². The summed E-state index contributed by atoms with van der Waals surface area (Å²) in [4.78, 5) is 10.9. The Balaban J connectivity index is 1.80. The largest absolute Gasteiger partial charge is 0.383 e. The maximum Gasteiger partial charge on any atom is 0.225 e. The van der Waals surface area contributed by atoms with Gasteiger partial charge in [0.1, 0.15) is 0 Å². The number of nitrogens with zero attached hydrogens (tertiary/aromatic N) is 3. The van der Waals surface area contributed by atoms with Crippen LogP contribution in [0, 0.1) is 0 Å². The average molecular weight is 236 g/mol. The van der Waals surface area contributed by atoms with Gasteiger partial charge in [0.2, 0.25) is 5.95 Å². The van der Waals surface area contributed by atoms with Gasteiger partial charge >= 0.3 is 0 Å². The molecule has 0 bridgehead atoms. The van der Waals surface area contributed by atoms with Crippen molar-refractivity contribution < 1.29 is 4.74 Å². The Morgan fingerprint density at radius 3 is 2.71 bits per heavy atom. The van der Waals surface area contributed by atoms with Gasteiger partial charge in [-0.15, -0.1) is 0 Å². The average Bonchev–Trinajstić information content (AvgIpc) is 3.19. The second-order valence-electron chi connectivity index (χ2n) is 4.40. The molecular weight excluding hydrogens is 216 g/mol. The topological polar surface area (TPSA) is 50.3 Å². The van der Waals surface area contributed by atoms with E-state index in [-0.39, 0.29) is 0 Å². The molecule has 1 saturated carbocycles. The van der Waals surface area contributed by atoms with Gasteiger partial charge in [-0.05, 0) is 12.8 Å². The molecule has 0 saturated heterocycles. The molecule has 5 nitrogen and oxygen atoms in total. The molecule has 1 aromatic heterocycles. The lowest BCUT2D eigenvalue weighted by Crippen LogP contribution is -2.22. The van der Waals surface area contributed by atoms with E-state index in [0.29, 0.717) is 6.04 Å². The molecule has 1 fully saturated rings. The number of hydrogen-bond donors (Lipinski definition) is 1. The lowest BCUT2D eigenvalue weighted by atomic mass is 10.3. The first-order valence-electron chi connectivity index (χ1n) is 6.04. The van der Waals surface area contributed by atoms with Crippen molar-refractivity contribution in [3.8, 4) is 0 Å². The fourth-order valence-corrected chi connectivity index (χ4v) is 1.65. The minimum Gasteiger partial charge on any atom is -0.383 e. The van der Waals surface area contributed by atoms with Gasteiger partial charge in [0.05, 0.1) is 6.61 Å². The second-order valence-corrected chi connectivity index (χ2v) is 4.40.